The molecule has 4 nitrogen and oxygen atoms in total. The van der Waals surface area contributed by atoms with E-state index in [2.05, 4.69) is 41.8 Å². The number of aromatic nitrogens is 1. The minimum Gasteiger partial charge on any atom is -0.356 e. The predicted octanol–water partition coefficient (Wildman–Crippen LogP) is 3.18. The zero-order valence-electron chi connectivity index (χ0n) is 13.7. The van der Waals surface area contributed by atoms with Gasteiger partial charge in [0.15, 0.2) is 5.96 Å². The molecule has 1 aromatic heterocycles. The molecule has 1 heterocycles. The van der Waals surface area contributed by atoms with Crippen molar-refractivity contribution in [2.75, 3.05) is 20.6 Å². The van der Waals surface area contributed by atoms with Gasteiger partial charge in [-0.2, -0.15) is 0 Å². The largest absolute Gasteiger partial charge is 0.356 e. The average molecular weight is 381 g/mol. The van der Waals surface area contributed by atoms with Gasteiger partial charge < -0.3 is 14.8 Å². The normalized spacial score (nSPS) is 11.6. The van der Waals surface area contributed by atoms with Crippen LogP contribution in [0.4, 0.5) is 4.39 Å². The summed E-state index contributed by atoms with van der Waals surface area (Å²) in [5.74, 6) is 0.604. The number of nitrogens with one attached hydrogen (secondary N) is 1. The molecule has 0 unspecified atom stereocenters. The third-order valence-electron chi connectivity index (χ3n) is 3.70. The molecule has 1 N–H and O–H groups in total. The predicted molar refractivity (Wildman–Crippen MR) is 96.0 cm³/mol. The molecule has 0 aliphatic heterocycles. The minimum atomic E-state index is -0.236. The molecular formula is C17H22BrFN4. The Morgan fingerprint density at radius 3 is 2.78 bits per heavy atom. The molecule has 6 heteroatoms. The molecule has 0 saturated heterocycles. The smallest absolute Gasteiger partial charge is 0.193 e. The van der Waals surface area contributed by atoms with Crippen molar-refractivity contribution >= 4 is 21.9 Å². The van der Waals surface area contributed by atoms with Crippen molar-refractivity contribution in [3.63, 3.8) is 0 Å². The molecule has 0 fully saturated rings. The van der Waals surface area contributed by atoms with Crippen molar-refractivity contribution in [2.45, 2.75) is 13.0 Å². The maximum absolute atomic E-state index is 13.2. The molecule has 23 heavy (non-hydrogen) atoms. The molecule has 0 radical (unpaired) electrons. The summed E-state index contributed by atoms with van der Waals surface area (Å²) in [6, 6.07) is 9.23. The summed E-state index contributed by atoms with van der Waals surface area (Å²) in [4.78, 5) is 6.39. The highest BCUT2D eigenvalue weighted by molar-refractivity contribution is 9.10. The first kappa shape index (κ1) is 17.5. The fourth-order valence-electron chi connectivity index (χ4n) is 2.38. The molecule has 2 rings (SSSR count). The van der Waals surface area contributed by atoms with Crippen LogP contribution in [0.15, 0.2) is 46.0 Å². The molecule has 0 atom stereocenters. The third-order valence-corrected chi connectivity index (χ3v) is 4.31. The van der Waals surface area contributed by atoms with E-state index < -0.39 is 0 Å². The first-order chi connectivity index (χ1) is 11.0. The van der Waals surface area contributed by atoms with E-state index in [0.717, 1.165) is 31.0 Å². The summed E-state index contributed by atoms with van der Waals surface area (Å²) >= 11 is 3.21. The molecule has 0 aliphatic rings. The van der Waals surface area contributed by atoms with Crippen LogP contribution in [0.2, 0.25) is 0 Å². The number of halogens is 2. The van der Waals surface area contributed by atoms with Gasteiger partial charge in [-0.1, -0.05) is 6.07 Å². The van der Waals surface area contributed by atoms with Crippen LogP contribution < -0.4 is 5.32 Å². The first-order valence-electron chi connectivity index (χ1n) is 7.47. The first-order valence-corrected chi connectivity index (χ1v) is 8.26. The Labute approximate surface area is 145 Å². The van der Waals surface area contributed by atoms with Crippen molar-refractivity contribution in [3.8, 4) is 0 Å². The van der Waals surface area contributed by atoms with Gasteiger partial charge in [-0.15, -0.1) is 0 Å². The number of aliphatic imine (C=N–C) groups is 1. The Balaban J connectivity index is 1.87. The van der Waals surface area contributed by atoms with Crippen molar-refractivity contribution in [3.05, 3.63) is 58.1 Å². The van der Waals surface area contributed by atoms with Crippen LogP contribution in [0.1, 0.15) is 11.3 Å². The van der Waals surface area contributed by atoms with Crippen molar-refractivity contribution in [1.29, 1.82) is 0 Å². The van der Waals surface area contributed by atoms with Gasteiger partial charge in [0, 0.05) is 39.6 Å². The topological polar surface area (TPSA) is 32.6 Å². The van der Waals surface area contributed by atoms with Crippen molar-refractivity contribution < 1.29 is 4.39 Å². The molecular weight excluding hydrogens is 359 g/mol. The number of aryl methyl sites for hydroxylation is 1. The molecule has 124 valence electrons. The van der Waals surface area contributed by atoms with Crippen LogP contribution in [-0.4, -0.2) is 36.1 Å². The van der Waals surface area contributed by atoms with E-state index in [0.29, 0.717) is 4.47 Å². The van der Waals surface area contributed by atoms with E-state index in [4.69, 9.17) is 0 Å². The van der Waals surface area contributed by atoms with E-state index >= 15 is 0 Å². The standard InChI is InChI=1S/C17H22BrFN4/c1-20-17(23(3)12-14-5-4-10-22(14)2)21-9-8-13-6-7-16(19)15(18)11-13/h4-7,10-11H,8-9,12H2,1-3H3,(H,20,21). The van der Waals surface area contributed by atoms with Crippen molar-refractivity contribution in [2.24, 2.45) is 12.0 Å². The molecule has 2 aromatic rings. The third kappa shape index (κ3) is 4.82. The summed E-state index contributed by atoms with van der Waals surface area (Å²) in [7, 11) is 5.82. The fourth-order valence-corrected chi connectivity index (χ4v) is 2.80. The Bertz CT molecular complexity index is 681. The van der Waals surface area contributed by atoms with Crippen LogP contribution >= 0.6 is 15.9 Å². The van der Waals surface area contributed by atoms with Gasteiger partial charge in [0.1, 0.15) is 5.82 Å². The second-order valence-electron chi connectivity index (χ2n) is 5.44. The molecule has 0 bridgehead atoms. The Kier molecular flexibility index (Phi) is 6.21. The average Bonchev–Trinajstić information content (AvgIpc) is 2.92. The van der Waals surface area contributed by atoms with E-state index in [-0.39, 0.29) is 5.82 Å². The van der Waals surface area contributed by atoms with Gasteiger partial charge in [-0.3, -0.25) is 4.99 Å². The van der Waals surface area contributed by atoms with E-state index in [1.807, 2.05) is 32.4 Å². The van der Waals surface area contributed by atoms with E-state index in [9.17, 15) is 4.39 Å². The summed E-state index contributed by atoms with van der Waals surface area (Å²) < 4.78 is 15.8. The molecule has 0 saturated carbocycles. The Hall–Kier alpha value is -1.82. The fraction of sp³-hybridized carbons (Fsp3) is 0.353. The quantitative estimate of drug-likeness (QED) is 0.638. The summed E-state index contributed by atoms with van der Waals surface area (Å²) in [6.45, 7) is 1.52. The van der Waals surface area contributed by atoms with Gasteiger partial charge in [0.25, 0.3) is 0 Å². The maximum atomic E-state index is 13.2. The van der Waals surface area contributed by atoms with Crippen LogP contribution in [0.25, 0.3) is 0 Å². The highest BCUT2D eigenvalue weighted by Gasteiger charge is 2.08. The van der Waals surface area contributed by atoms with E-state index in [1.54, 1.807) is 13.1 Å². The van der Waals surface area contributed by atoms with Crippen LogP contribution in [-0.2, 0) is 20.0 Å². The lowest BCUT2D eigenvalue weighted by Crippen LogP contribution is -2.39. The van der Waals surface area contributed by atoms with Gasteiger partial charge in [0.2, 0.25) is 0 Å². The van der Waals surface area contributed by atoms with Crippen LogP contribution in [0.5, 0.6) is 0 Å². The zero-order valence-corrected chi connectivity index (χ0v) is 15.3. The number of benzene rings is 1. The molecule has 1 aromatic carbocycles. The van der Waals surface area contributed by atoms with E-state index in [1.165, 1.54) is 11.8 Å². The van der Waals surface area contributed by atoms with Crippen molar-refractivity contribution in [1.82, 2.24) is 14.8 Å². The monoisotopic (exact) mass is 380 g/mol. The number of hydrogen-bond donors (Lipinski definition) is 1. The SMILES string of the molecule is CN=C(NCCc1ccc(F)c(Br)c1)N(C)Cc1cccn1C. The summed E-state index contributed by atoms with van der Waals surface area (Å²) in [5, 5.41) is 3.34. The molecule has 0 amide bonds. The minimum absolute atomic E-state index is 0.236. The Morgan fingerprint density at radius 1 is 1.39 bits per heavy atom. The lowest BCUT2D eigenvalue weighted by atomic mass is 10.1. The number of hydrogen-bond acceptors (Lipinski definition) is 1. The Morgan fingerprint density at radius 2 is 2.17 bits per heavy atom. The maximum Gasteiger partial charge on any atom is 0.193 e. The second-order valence-corrected chi connectivity index (χ2v) is 6.29. The summed E-state index contributed by atoms with van der Waals surface area (Å²) in [5.41, 5.74) is 2.30. The number of rotatable bonds is 5. The second kappa shape index (κ2) is 8.15. The van der Waals surface area contributed by atoms with Gasteiger partial charge in [0.05, 0.1) is 11.0 Å². The lowest BCUT2D eigenvalue weighted by Gasteiger charge is -2.22. The zero-order chi connectivity index (χ0) is 16.8. The number of guanidine groups is 1. The van der Waals surface area contributed by atoms with Gasteiger partial charge >= 0.3 is 0 Å². The van der Waals surface area contributed by atoms with Crippen LogP contribution in [0, 0.1) is 5.82 Å². The summed E-state index contributed by atoms with van der Waals surface area (Å²) in [6.07, 6.45) is 2.83. The van der Waals surface area contributed by atoms with Gasteiger partial charge in [-0.25, -0.2) is 4.39 Å². The molecule has 0 aliphatic carbocycles. The van der Waals surface area contributed by atoms with Crippen LogP contribution in [0.3, 0.4) is 0 Å². The van der Waals surface area contributed by atoms with Gasteiger partial charge in [-0.05, 0) is 52.2 Å². The lowest BCUT2D eigenvalue weighted by molar-refractivity contribution is 0.462. The molecule has 0 spiro atoms. The highest BCUT2D eigenvalue weighted by Crippen LogP contribution is 2.16. The number of nitrogens with zero attached hydrogens (tertiary/aromatic N) is 3. The highest BCUT2D eigenvalue weighted by atomic mass is 79.9.